The first-order chi connectivity index (χ1) is 8.97. The third-order valence-corrected chi connectivity index (χ3v) is 4.64. The lowest BCUT2D eigenvalue weighted by molar-refractivity contribution is -0.0345. The summed E-state index contributed by atoms with van der Waals surface area (Å²) in [6.07, 6.45) is 2.40. The van der Waals surface area contributed by atoms with Gasteiger partial charge in [0.05, 0.1) is 24.2 Å². The van der Waals surface area contributed by atoms with Crippen molar-refractivity contribution < 1.29 is 17.3 Å². The van der Waals surface area contributed by atoms with Crippen LogP contribution in [-0.2, 0) is 19.0 Å². The molecule has 0 heterocycles. The van der Waals surface area contributed by atoms with Crippen LogP contribution in [0.4, 0.5) is 0 Å². The summed E-state index contributed by atoms with van der Waals surface area (Å²) in [5, 5.41) is 0. The summed E-state index contributed by atoms with van der Waals surface area (Å²) in [5.41, 5.74) is 1.02. The Morgan fingerprint density at radius 1 is 1.16 bits per heavy atom. The number of rotatable bonds is 6. The van der Waals surface area contributed by atoms with Gasteiger partial charge in [0.2, 0.25) is 0 Å². The first-order valence-corrected chi connectivity index (χ1v) is 7.96. The summed E-state index contributed by atoms with van der Waals surface area (Å²) < 4.78 is 34.1. The second-order valence-corrected chi connectivity index (χ2v) is 6.77. The number of ether oxygens (including phenoxy) is 1. The van der Waals surface area contributed by atoms with Crippen molar-refractivity contribution >= 4 is 10.1 Å². The summed E-state index contributed by atoms with van der Waals surface area (Å²) in [5.74, 6) is 0.724. The molecule has 1 fully saturated rings. The van der Waals surface area contributed by atoms with Crippen LogP contribution >= 0.6 is 0 Å². The minimum absolute atomic E-state index is 0.0705. The minimum Gasteiger partial charge on any atom is -0.376 e. The average Bonchev–Trinajstić information content (AvgIpc) is 2.32. The van der Waals surface area contributed by atoms with Crippen LogP contribution in [-0.4, -0.2) is 27.7 Å². The van der Waals surface area contributed by atoms with E-state index in [0.717, 1.165) is 24.3 Å². The summed E-state index contributed by atoms with van der Waals surface area (Å²) >= 11 is 0. The first-order valence-electron chi connectivity index (χ1n) is 6.55. The molecule has 0 amide bonds. The Balaban J connectivity index is 1.76. The molecule has 0 spiro atoms. The molecule has 106 valence electrons. The van der Waals surface area contributed by atoms with Gasteiger partial charge in [-0.2, -0.15) is 8.42 Å². The van der Waals surface area contributed by atoms with Gasteiger partial charge in [-0.25, -0.2) is 0 Å². The normalized spacial score (nSPS) is 23.1. The molecule has 0 unspecified atom stereocenters. The van der Waals surface area contributed by atoms with Crippen molar-refractivity contribution in [2.24, 2.45) is 5.92 Å². The van der Waals surface area contributed by atoms with Crippen LogP contribution in [0.1, 0.15) is 25.3 Å². The predicted molar refractivity (Wildman–Crippen MR) is 72.5 cm³/mol. The maximum absolute atomic E-state index is 11.8. The van der Waals surface area contributed by atoms with E-state index in [1.54, 1.807) is 24.3 Å². The van der Waals surface area contributed by atoms with Crippen LogP contribution in [0.15, 0.2) is 29.2 Å². The van der Waals surface area contributed by atoms with Crippen molar-refractivity contribution in [1.82, 2.24) is 0 Å². The highest BCUT2D eigenvalue weighted by molar-refractivity contribution is 7.86. The van der Waals surface area contributed by atoms with Gasteiger partial charge in [-0.1, -0.05) is 24.6 Å². The Kier molecular flexibility index (Phi) is 4.60. The second-order valence-electron chi connectivity index (χ2n) is 5.16. The molecule has 0 aliphatic heterocycles. The first kappa shape index (κ1) is 14.5. The standard InChI is InChI=1S/C14H20O4S/c1-11-3-5-14(6-4-11)19(15,16)18-8-7-17-13-9-12(2)10-13/h3-6,12-13H,7-10H2,1-2H3. The fourth-order valence-corrected chi connectivity index (χ4v) is 2.99. The monoisotopic (exact) mass is 284 g/mol. The van der Waals surface area contributed by atoms with Crippen LogP contribution in [0.5, 0.6) is 0 Å². The zero-order valence-corrected chi connectivity index (χ0v) is 12.2. The van der Waals surface area contributed by atoms with E-state index in [9.17, 15) is 8.42 Å². The molecular formula is C14H20O4S. The van der Waals surface area contributed by atoms with Crippen molar-refractivity contribution in [1.29, 1.82) is 0 Å². The fraction of sp³-hybridized carbons (Fsp3) is 0.571. The van der Waals surface area contributed by atoms with Gasteiger partial charge in [0.1, 0.15) is 0 Å². The van der Waals surface area contributed by atoms with Crippen LogP contribution in [0, 0.1) is 12.8 Å². The Morgan fingerprint density at radius 3 is 2.37 bits per heavy atom. The lowest BCUT2D eigenvalue weighted by Gasteiger charge is -2.32. The summed E-state index contributed by atoms with van der Waals surface area (Å²) in [6, 6.07) is 6.61. The van der Waals surface area contributed by atoms with E-state index >= 15 is 0 Å². The van der Waals surface area contributed by atoms with Crippen LogP contribution in [0.25, 0.3) is 0 Å². The third-order valence-electron chi connectivity index (χ3n) is 3.32. The molecule has 19 heavy (non-hydrogen) atoms. The van der Waals surface area contributed by atoms with Gasteiger partial charge in [0.15, 0.2) is 0 Å². The molecule has 0 saturated heterocycles. The molecule has 1 aliphatic rings. The highest BCUT2D eigenvalue weighted by Crippen LogP contribution is 2.28. The Hall–Kier alpha value is -0.910. The zero-order valence-electron chi connectivity index (χ0n) is 11.3. The lowest BCUT2D eigenvalue weighted by atomic mass is 9.84. The van der Waals surface area contributed by atoms with E-state index in [1.807, 2.05) is 6.92 Å². The van der Waals surface area contributed by atoms with E-state index in [0.29, 0.717) is 6.61 Å². The highest BCUT2D eigenvalue weighted by Gasteiger charge is 2.25. The summed E-state index contributed by atoms with van der Waals surface area (Å²) in [4.78, 5) is 0.190. The maximum Gasteiger partial charge on any atom is 0.297 e. The molecule has 1 aromatic carbocycles. The van der Waals surface area contributed by atoms with Gasteiger partial charge in [0.25, 0.3) is 10.1 Å². The molecule has 0 radical (unpaired) electrons. The van der Waals surface area contributed by atoms with E-state index < -0.39 is 10.1 Å². The van der Waals surface area contributed by atoms with Crippen LogP contribution < -0.4 is 0 Å². The second kappa shape index (κ2) is 6.03. The van der Waals surface area contributed by atoms with Crippen LogP contribution in [0.2, 0.25) is 0 Å². The largest absolute Gasteiger partial charge is 0.376 e. The molecule has 0 N–H and O–H groups in total. The van der Waals surface area contributed by atoms with Crippen molar-refractivity contribution in [2.75, 3.05) is 13.2 Å². The molecule has 4 nitrogen and oxygen atoms in total. The molecule has 0 atom stereocenters. The van der Waals surface area contributed by atoms with E-state index in [-0.39, 0.29) is 17.6 Å². The van der Waals surface area contributed by atoms with Crippen molar-refractivity contribution in [3.8, 4) is 0 Å². The van der Waals surface area contributed by atoms with Gasteiger partial charge in [-0.15, -0.1) is 0 Å². The van der Waals surface area contributed by atoms with E-state index in [1.165, 1.54) is 0 Å². The van der Waals surface area contributed by atoms with Crippen LogP contribution in [0.3, 0.4) is 0 Å². The quantitative estimate of drug-likeness (QED) is 0.595. The van der Waals surface area contributed by atoms with Gasteiger partial charge >= 0.3 is 0 Å². The average molecular weight is 284 g/mol. The van der Waals surface area contributed by atoms with Gasteiger partial charge in [-0.05, 0) is 37.8 Å². The zero-order chi connectivity index (χ0) is 13.9. The van der Waals surface area contributed by atoms with Gasteiger partial charge < -0.3 is 4.74 Å². The predicted octanol–water partition coefficient (Wildman–Crippen LogP) is 2.52. The minimum atomic E-state index is -3.65. The van der Waals surface area contributed by atoms with Crippen molar-refractivity contribution in [3.63, 3.8) is 0 Å². The topological polar surface area (TPSA) is 52.6 Å². The van der Waals surface area contributed by atoms with Gasteiger partial charge in [-0.3, -0.25) is 4.18 Å². The SMILES string of the molecule is Cc1ccc(S(=O)(=O)OCCOC2CC(C)C2)cc1. The number of benzene rings is 1. The van der Waals surface area contributed by atoms with Crippen molar-refractivity contribution in [2.45, 2.75) is 37.7 Å². The van der Waals surface area contributed by atoms with E-state index in [2.05, 4.69) is 6.92 Å². The molecule has 5 heteroatoms. The molecule has 1 aliphatic carbocycles. The molecule has 1 saturated carbocycles. The third kappa shape index (κ3) is 4.03. The van der Waals surface area contributed by atoms with Crippen molar-refractivity contribution in [3.05, 3.63) is 29.8 Å². The Bertz CT molecular complexity index is 501. The molecular weight excluding hydrogens is 264 g/mol. The molecule has 2 rings (SSSR count). The van der Waals surface area contributed by atoms with E-state index in [4.69, 9.17) is 8.92 Å². The highest BCUT2D eigenvalue weighted by atomic mass is 32.2. The summed E-state index contributed by atoms with van der Waals surface area (Å²) in [7, 11) is -3.65. The van der Waals surface area contributed by atoms with Gasteiger partial charge in [0, 0.05) is 0 Å². The molecule has 1 aromatic rings. The smallest absolute Gasteiger partial charge is 0.297 e. The number of hydrogen-bond acceptors (Lipinski definition) is 4. The number of aryl methyl sites for hydroxylation is 1. The summed E-state index contributed by atoms with van der Waals surface area (Å²) in [6.45, 7) is 4.48. The molecule has 0 bridgehead atoms. The lowest BCUT2D eigenvalue weighted by Crippen LogP contribution is -2.30. The molecule has 0 aromatic heterocycles. The fourth-order valence-electron chi connectivity index (χ4n) is 2.10. The number of hydrogen-bond donors (Lipinski definition) is 0. The maximum atomic E-state index is 11.8. The Labute approximate surface area is 114 Å². The Morgan fingerprint density at radius 2 is 1.79 bits per heavy atom.